The third kappa shape index (κ3) is 2.75. The monoisotopic (exact) mass is 255 g/mol. The Labute approximate surface area is 99.1 Å². The molecule has 0 radical (unpaired) electrons. The van der Waals surface area contributed by atoms with Gasteiger partial charge in [-0.25, -0.2) is 18.1 Å². The zero-order chi connectivity index (χ0) is 12.3. The number of aromatic amines is 1. The average Bonchev–Trinajstić information content (AvgIpc) is 2.98. The minimum atomic E-state index is -3.52. The van der Waals surface area contributed by atoms with Crippen molar-refractivity contribution in [1.82, 2.24) is 14.7 Å². The molecule has 6 nitrogen and oxygen atoms in total. The van der Waals surface area contributed by atoms with E-state index < -0.39 is 10.0 Å². The van der Waals surface area contributed by atoms with Crippen LogP contribution in [0, 0.1) is 0 Å². The van der Waals surface area contributed by atoms with Crippen LogP contribution in [0.5, 0.6) is 0 Å². The molecular formula is C10H13N3O3S. The Kier molecular flexibility index (Phi) is 3.30. The summed E-state index contributed by atoms with van der Waals surface area (Å²) in [6.07, 6.45) is 5.03. The van der Waals surface area contributed by atoms with Gasteiger partial charge in [-0.3, -0.25) is 0 Å². The zero-order valence-electron chi connectivity index (χ0n) is 9.30. The summed E-state index contributed by atoms with van der Waals surface area (Å²) < 4.78 is 30.6. The number of nitrogens with zero attached hydrogens (tertiary/aromatic N) is 1. The van der Waals surface area contributed by atoms with Gasteiger partial charge in [0.25, 0.3) is 0 Å². The number of aromatic nitrogens is 2. The van der Waals surface area contributed by atoms with Gasteiger partial charge in [0.05, 0.1) is 12.8 Å². The summed E-state index contributed by atoms with van der Waals surface area (Å²) in [7, 11) is -3.52. The molecule has 2 heterocycles. The van der Waals surface area contributed by atoms with Gasteiger partial charge < -0.3 is 9.40 Å². The Bertz CT molecular complexity index is 572. The molecule has 92 valence electrons. The van der Waals surface area contributed by atoms with Crippen LogP contribution in [-0.2, 0) is 23.0 Å². The molecule has 2 aromatic heterocycles. The maximum absolute atomic E-state index is 11.7. The fraction of sp³-hybridized carbons (Fsp3) is 0.300. The lowest BCUT2D eigenvalue weighted by Gasteiger charge is -2.01. The molecule has 7 heteroatoms. The van der Waals surface area contributed by atoms with Gasteiger partial charge >= 0.3 is 0 Å². The zero-order valence-corrected chi connectivity index (χ0v) is 10.1. The maximum atomic E-state index is 11.7. The number of furan rings is 1. The Balaban J connectivity index is 2.03. The first-order chi connectivity index (χ1) is 8.12. The van der Waals surface area contributed by atoms with Crippen LogP contribution < -0.4 is 4.72 Å². The van der Waals surface area contributed by atoms with Crippen molar-refractivity contribution >= 4 is 10.0 Å². The number of sulfonamides is 1. The van der Waals surface area contributed by atoms with Crippen molar-refractivity contribution in [2.24, 2.45) is 0 Å². The lowest BCUT2D eigenvalue weighted by Crippen LogP contribution is -2.23. The van der Waals surface area contributed by atoms with Crippen LogP contribution in [0.25, 0.3) is 0 Å². The summed E-state index contributed by atoms with van der Waals surface area (Å²) in [5, 5.41) is 0. The summed E-state index contributed by atoms with van der Waals surface area (Å²) >= 11 is 0. The lowest BCUT2D eigenvalue weighted by molar-refractivity contribution is 0.552. The Morgan fingerprint density at radius 1 is 1.53 bits per heavy atom. The second-order valence-electron chi connectivity index (χ2n) is 3.49. The van der Waals surface area contributed by atoms with Crippen molar-refractivity contribution in [3.05, 3.63) is 36.3 Å². The molecule has 0 saturated carbocycles. The Hall–Kier alpha value is -1.60. The second-order valence-corrected chi connectivity index (χ2v) is 5.26. The molecule has 17 heavy (non-hydrogen) atoms. The number of imidazole rings is 1. The SMILES string of the molecule is CCc1cnc(CNS(=O)(=O)c2ccoc2)[nH]1. The van der Waals surface area contributed by atoms with Crippen LogP contribution in [0.2, 0.25) is 0 Å². The van der Waals surface area contributed by atoms with Crippen LogP contribution in [-0.4, -0.2) is 18.4 Å². The predicted molar refractivity (Wildman–Crippen MR) is 60.7 cm³/mol. The van der Waals surface area contributed by atoms with E-state index in [1.165, 1.54) is 18.6 Å². The van der Waals surface area contributed by atoms with E-state index in [1.807, 2.05) is 6.92 Å². The minimum absolute atomic E-state index is 0.111. The molecule has 0 unspecified atom stereocenters. The number of hydrogen-bond acceptors (Lipinski definition) is 4. The minimum Gasteiger partial charge on any atom is -0.471 e. The summed E-state index contributed by atoms with van der Waals surface area (Å²) in [5.41, 5.74) is 0.975. The standard InChI is InChI=1S/C10H13N3O3S/c1-2-8-5-11-10(13-8)6-12-17(14,15)9-3-4-16-7-9/h3-5,7,12H,2,6H2,1H3,(H,11,13). The molecule has 2 N–H and O–H groups in total. The topological polar surface area (TPSA) is 88.0 Å². The van der Waals surface area contributed by atoms with E-state index in [-0.39, 0.29) is 11.4 Å². The van der Waals surface area contributed by atoms with Crippen molar-refractivity contribution < 1.29 is 12.8 Å². The van der Waals surface area contributed by atoms with Crippen molar-refractivity contribution in [3.8, 4) is 0 Å². The predicted octanol–water partition coefficient (Wildman–Crippen LogP) is 1.04. The van der Waals surface area contributed by atoms with Gasteiger partial charge in [-0.1, -0.05) is 6.92 Å². The molecule has 2 rings (SSSR count). The van der Waals surface area contributed by atoms with Crippen molar-refractivity contribution in [2.45, 2.75) is 24.8 Å². The van der Waals surface area contributed by atoms with Gasteiger partial charge in [-0.2, -0.15) is 0 Å². The van der Waals surface area contributed by atoms with E-state index in [4.69, 9.17) is 4.42 Å². The van der Waals surface area contributed by atoms with E-state index >= 15 is 0 Å². The van der Waals surface area contributed by atoms with Gasteiger partial charge in [0.2, 0.25) is 10.0 Å². The van der Waals surface area contributed by atoms with Crippen LogP contribution in [0.1, 0.15) is 18.4 Å². The Morgan fingerprint density at radius 3 is 2.94 bits per heavy atom. The summed E-state index contributed by atoms with van der Waals surface area (Å²) in [6.45, 7) is 2.13. The first-order valence-corrected chi connectivity index (χ1v) is 6.65. The van der Waals surface area contributed by atoms with Crippen molar-refractivity contribution in [2.75, 3.05) is 0 Å². The number of hydrogen-bond donors (Lipinski definition) is 2. The van der Waals surface area contributed by atoms with Crippen molar-refractivity contribution in [3.63, 3.8) is 0 Å². The Morgan fingerprint density at radius 2 is 2.35 bits per heavy atom. The highest BCUT2D eigenvalue weighted by molar-refractivity contribution is 7.89. The summed E-state index contributed by atoms with van der Waals surface area (Å²) in [5.74, 6) is 0.592. The number of rotatable bonds is 5. The molecule has 0 amide bonds. The van der Waals surface area contributed by atoms with Gasteiger partial charge in [-0.05, 0) is 12.5 Å². The highest BCUT2D eigenvalue weighted by Gasteiger charge is 2.15. The summed E-state index contributed by atoms with van der Waals surface area (Å²) in [4.78, 5) is 7.20. The molecule has 0 atom stereocenters. The molecule has 0 spiro atoms. The second kappa shape index (κ2) is 4.72. The van der Waals surface area contributed by atoms with Gasteiger partial charge in [0.1, 0.15) is 17.0 Å². The number of H-pyrrole nitrogens is 1. The first kappa shape index (κ1) is 11.9. The number of nitrogens with one attached hydrogen (secondary N) is 2. The van der Waals surface area contributed by atoms with E-state index in [1.54, 1.807) is 6.20 Å². The molecule has 2 aromatic rings. The molecule has 0 aromatic carbocycles. The molecule has 0 bridgehead atoms. The maximum Gasteiger partial charge on any atom is 0.244 e. The first-order valence-electron chi connectivity index (χ1n) is 5.16. The van der Waals surface area contributed by atoms with E-state index in [2.05, 4.69) is 14.7 Å². The third-order valence-electron chi connectivity index (χ3n) is 2.30. The average molecular weight is 255 g/mol. The van der Waals surface area contributed by atoms with Gasteiger partial charge in [0.15, 0.2) is 0 Å². The summed E-state index contributed by atoms with van der Waals surface area (Å²) in [6, 6.07) is 1.39. The van der Waals surface area contributed by atoms with Crippen LogP contribution in [0.3, 0.4) is 0 Å². The molecule has 0 aliphatic rings. The van der Waals surface area contributed by atoms with Crippen LogP contribution in [0.4, 0.5) is 0 Å². The van der Waals surface area contributed by atoms with Crippen LogP contribution in [0.15, 0.2) is 34.1 Å². The molecule has 0 fully saturated rings. The van der Waals surface area contributed by atoms with Gasteiger partial charge in [0, 0.05) is 11.9 Å². The van der Waals surface area contributed by atoms with E-state index in [9.17, 15) is 8.42 Å². The van der Waals surface area contributed by atoms with E-state index in [0.29, 0.717) is 5.82 Å². The normalized spacial score (nSPS) is 11.8. The smallest absolute Gasteiger partial charge is 0.244 e. The molecular weight excluding hydrogens is 242 g/mol. The fourth-order valence-corrected chi connectivity index (χ4v) is 2.24. The fourth-order valence-electron chi connectivity index (χ4n) is 1.33. The van der Waals surface area contributed by atoms with Crippen LogP contribution >= 0.6 is 0 Å². The van der Waals surface area contributed by atoms with Gasteiger partial charge in [-0.15, -0.1) is 0 Å². The lowest BCUT2D eigenvalue weighted by atomic mass is 10.4. The highest BCUT2D eigenvalue weighted by Crippen LogP contribution is 2.08. The molecule has 0 aliphatic heterocycles. The highest BCUT2D eigenvalue weighted by atomic mass is 32.2. The third-order valence-corrected chi connectivity index (χ3v) is 3.67. The molecule has 0 aliphatic carbocycles. The molecule has 0 saturated heterocycles. The van der Waals surface area contributed by atoms with E-state index in [0.717, 1.165) is 12.1 Å². The van der Waals surface area contributed by atoms with Crippen molar-refractivity contribution in [1.29, 1.82) is 0 Å². The number of aryl methyl sites for hydroxylation is 1. The largest absolute Gasteiger partial charge is 0.471 e. The quantitative estimate of drug-likeness (QED) is 0.835.